The molecule has 0 aliphatic heterocycles. The highest BCUT2D eigenvalue weighted by atomic mass is 32.1. The highest BCUT2D eigenvalue weighted by Gasteiger charge is 2.16. The third-order valence-corrected chi connectivity index (χ3v) is 5.58. The first-order chi connectivity index (χ1) is 15.7. The second-order valence-electron chi connectivity index (χ2n) is 6.78. The number of ether oxygens (including phenoxy) is 2. The van der Waals surface area contributed by atoms with Crippen LogP contribution >= 0.6 is 11.3 Å². The fourth-order valence-electron chi connectivity index (χ4n) is 2.98. The summed E-state index contributed by atoms with van der Waals surface area (Å²) >= 11 is 1.63. The summed E-state index contributed by atoms with van der Waals surface area (Å²) in [7, 11) is 3.23. The van der Waals surface area contributed by atoms with Crippen LogP contribution in [0.25, 0.3) is 17.5 Å². The molecule has 0 saturated carbocycles. The molecule has 0 unspecified atom stereocenters. The average molecular weight is 447 g/mol. The molecule has 0 aliphatic carbocycles. The van der Waals surface area contributed by atoms with Crippen molar-refractivity contribution >= 4 is 29.3 Å². The highest BCUT2D eigenvalue weighted by molar-refractivity contribution is 7.09. The summed E-state index contributed by atoms with van der Waals surface area (Å²) in [5, 5.41) is 9.69. The van der Waals surface area contributed by atoms with E-state index in [2.05, 4.69) is 15.4 Å². The Morgan fingerprint density at radius 2 is 1.72 bits per heavy atom. The number of rotatable bonds is 8. The molecule has 0 bridgehead atoms. The third kappa shape index (κ3) is 5.04. The minimum atomic E-state index is -0.304. The van der Waals surface area contributed by atoms with Gasteiger partial charge < -0.3 is 14.8 Å². The molecule has 7 nitrogen and oxygen atoms in total. The van der Waals surface area contributed by atoms with Crippen LogP contribution in [0.2, 0.25) is 0 Å². The van der Waals surface area contributed by atoms with Crippen molar-refractivity contribution in [3.63, 3.8) is 0 Å². The van der Waals surface area contributed by atoms with Crippen molar-refractivity contribution < 1.29 is 14.3 Å². The fraction of sp³-hybridized carbons (Fsp3) is 0.125. The maximum Gasteiger partial charge on any atom is 0.274 e. The summed E-state index contributed by atoms with van der Waals surface area (Å²) < 4.78 is 11.7. The number of methoxy groups -OCH3 is 2. The van der Waals surface area contributed by atoms with E-state index in [0.29, 0.717) is 18.3 Å². The Bertz CT molecular complexity index is 1200. The van der Waals surface area contributed by atoms with Crippen LogP contribution in [0.3, 0.4) is 0 Å². The van der Waals surface area contributed by atoms with Crippen LogP contribution in [0, 0.1) is 0 Å². The number of carbonyl (C=O) groups is 1. The summed E-state index contributed by atoms with van der Waals surface area (Å²) in [4.78, 5) is 18.7. The molecular formula is C24H22N4O3S. The van der Waals surface area contributed by atoms with Crippen LogP contribution in [0.5, 0.6) is 11.5 Å². The predicted octanol–water partition coefficient (Wildman–Crippen LogP) is 4.99. The Morgan fingerprint density at radius 1 is 1.03 bits per heavy atom. The molecular weight excluding hydrogens is 424 g/mol. The van der Waals surface area contributed by atoms with Crippen molar-refractivity contribution in [1.29, 1.82) is 0 Å². The van der Waals surface area contributed by atoms with E-state index in [0.717, 1.165) is 27.5 Å². The molecule has 8 heteroatoms. The number of nitrogens with one attached hydrogen (secondary N) is 1. The molecule has 0 atom stereocenters. The standard InChI is InChI=1S/C24H22N4O3S/c1-30-19-10-5-17(6-11-19)7-14-22(29)28-24(25-16-21-4-3-15-32-21)26-23(27-28)18-8-12-20(31-2)13-9-18/h3-15H,16H2,1-2H3,(H,25,26,27). The molecule has 4 rings (SSSR count). The van der Waals surface area contributed by atoms with Gasteiger partial charge in [0.05, 0.1) is 20.8 Å². The molecule has 32 heavy (non-hydrogen) atoms. The second-order valence-corrected chi connectivity index (χ2v) is 7.81. The summed E-state index contributed by atoms with van der Waals surface area (Å²) in [5.41, 5.74) is 1.67. The van der Waals surface area contributed by atoms with Crippen LogP contribution in [0.1, 0.15) is 15.2 Å². The molecule has 0 radical (unpaired) electrons. The van der Waals surface area contributed by atoms with Crippen molar-refractivity contribution in [1.82, 2.24) is 14.8 Å². The average Bonchev–Trinajstić information content (AvgIpc) is 3.51. The Labute approximate surface area is 190 Å². The van der Waals surface area contributed by atoms with E-state index < -0.39 is 0 Å². The normalized spacial score (nSPS) is 10.9. The van der Waals surface area contributed by atoms with Crippen molar-refractivity contribution in [2.45, 2.75) is 6.54 Å². The fourth-order valence-corrected chi connectivity index (χ4v) is 3.62. The molecule has 2 aromatic heterocycles. The van der Waals surface area contributed by atoms with E-state index in [1.54, 1.807) is 31.6 Å². The number of benzene rings is 2. The van der Waals surface area contributed by atoms with Crippen molar-refractivity contribution in [3.8, 4) is 22.9 Å². The van der Waals surface area contributed by atoms with Gasteiger partial charge in [0.1, 0.15) is 11.5 Å². The Kier molecular flexibility index (Phi) is 6.62. The lowest BCUT2D eigenvalue weighted by atomic mass is 10.2. The number of thiophene rings is 1. The molecule has 0 aliphatic rings. The number of aromatic nitrogens is 3. The number of hydrogen-bond donors (Lipinski definition) is 1. The van der Waals surface area contributed by atoms with Gasteiger partial charge in [-0.1, -0.05) is 18.2 Å². The number of anilines is 1. The third-order valence-electron chi connectivity index (χ3n) is 4.70. The maximum atomic E-state index is 13.0. The molecule has 162 valence electrons. The molecule has 2 heterocycles. The SMILES string of the molecule is COc1ccc(C=CC(=O)n2nc(-c3ccc(OC)cc3)nc2NCc2cccs2)cc1. The van der Waals surface area contributed by atoms with Crippen LogP contribution in [-0.2, 0) is 6.54 Å². The van der Waals surface area contributed by atoms with E-state index in [-0.39, 0.29) is 5.91 Å². The van der Waals surface area contributed by atoms with Gasteiger partial charge in [-0.3, -0.25) is 4.79 Å². The van der Waals surface area contributed by atoms with Gasteiger partial charge >= 0.3 is 0 Å². The van der Waals surface area contributed by atoms with Crippen molar-refractivity contribution in [2.75, 3.05) is 19.5 Å². The molecule has 0 saturated heterocycles. The molecule has 0 amide bonds. The molecule has 4 aromatic rings. The van der Waals surface area contributed by atoms with Gasteiger partial charge in [0, 0.05) is 16.5 Å². The first kappa shape index (κ1) is 21.3. The largest absolute Gasteiger partial charge is 0.497 e. The molecule has 1 N–H and O–H groups in total. The topological polar surface area (TPSA) is 78.3 Å². The zero-order chi connectivity index (χ0) is 22.3. The van der Waals surface area contributed by atoms with Gasteiger partial charge in [-0.2, -0.15) is 9.67 Å². The summed E-state index contributed by atoms with van der Waals surface area (Å²) in [6, 6.07) is 18.8. The Hall–Kier alpha value is -3.91. The van der Waals surface area contributed by atoms with E-state index in [1.807, 2.05) is 66.0 Å². The summed E-state index contributed by atoms with van der Waals surface area (Å²) in [6.45, 7) is 0.549. The second kappa shape index (κ2) is 9.93. The van der Waals surface area contributed by atoms with Gasteiger partial charge in [-0.15, -0.1) is 16.4 Å². The minimum Gasteiger partial charge on any atom is -0.497 e. The molecule has 0 spiro atoms. The van der Waals surface area contributed by atoms with Crippen LogP contribution < -0.4 is 14.8 Å². The Balaban J connectivity index is 1.60. The van der Waals surface area contributed by atoms with E-state index in [9.17, 15) is 4.79 Å². The minimum absolute atomic E-state index is 0.304. The van der Waals surface area contributed by atoms with Crippen molar-refractivity contribution in [3.05, 3.63) is 82.6 Å². The van der Waals surface area contributed by atoms with Crippen LogP contribution in [-0.4, -0.2) is 34.9 Å². The number of allylic oxidation sites excluding steroid dienone is 1. The monoisotopic (exact) mass is 446 g/mol. The molecule has 2 aromatic carbocycles. The lowest BCUT2D eigenvalue weighted by Gasteiger charge is -2.04. The summed E-state index contributed by atoms with van der Waals surface area (Å²) in [6.07, 6.45) is 3.21. The number of carbonyl (C=O) groups excluding carboxylic acids is 1. The number of hydrogen-bond acceptors (Lipinski definition) is 7. The summed E-state index contributed by atoms with van der Waals surface area (Å²) in [5.74, 6) is 2.03. The zero-order valence-corrected chi connectivity index (χ0v) is 18.5. The lowest BCUT2D eigenvalue weighted by Crippen LogP contribution is -2.14. The van der Waals surface area contributed by atoms with Gasteiger partial charge in [0.25, 0.3) is 5.91 Å². The van der Waals surface area contributed by atoms with Crippen LogP contribution in [0.4, 0.5) is 5.95 Å². The number of nitrogens with zero attached hydrogens (tertiary/aromatic N) is 3. The van der Waals surface area contributed by atoms with Gasteiger partial charge in [-0.05, 0) is 59.5 Å². The van der Waals surface area contributed by atoms with E-state index in [1.165, 1.54) is 10.8 Å². The van der Waals surface area contributed by atoms with Gasteiger partial charge in [0.2, 0.25) is 5.95 Å². The zero-order valence-electron chi connectivity index (χ0n) is 17.7. The van der Waals surface area contributed by atoms with Crippen LogP contribution in [0.15, 0.2) is 72.1 Å². The highest BCUT2D eigenvalue weighted by Crippen LogP contribution is 2.22. The van der Waals surface area contributed by atoms with Gasteiger partial charge in [0.15, 0.2) is 5.82 Å². The van der Waals surface area contributed by atoms with E-state index in [4.69, 9.17) is 9.47 Å². The molecule has 0 fully saturated rings. The van der Waals surface area contributed by atoms with Gasteiger partial charge in [-0.25, -0.2) is 0 Å². The Morgan fingerprint density at radius 3 is 2.34 bits per heavy atom. The lowest BCUT2D eigenvalue weighted by molar-refractivity contribution is 0.0957. The van der Waals surface area contributed by atoms with E-state index >= 15 is 0 Å². The smallest absolute Gasteiger partial charge is 0.274 e. The predicted molar refractivity (Wildman–Crippen MR) is 126 cm³/mol. The first-order valence-corrected chi connectivity index (χ1v) is 10.8. The van der Waals surface area contributed by atoms with Crippen molar-refractivity contribution in [2.24, 2.45) is 0 Å². The quantitative estimate of drug-likeness (QED) is 0.384. The first-order valence-electron chi connectivity index (χ1n) is 9.90. The maximum absolute atomic E-state index is 13.0.